The molecule has 0 saturated heterocycles. The predicted molar refractivity (Wildman–Crippen MR) is 79.7 cm³/mol. The number of hydrogen-bond acceptors (Lipinski definition) is 4. The molecule has 0 amide bonds. The van der Waals surface area contributed by atoms with Crippen LogP contribution in [0.25, 0.3) is 0 Å². The Morgan fingerprint density at radius 3 is 2.38 bits per heavy atom. The molecule has 4 rings (SSSR count). The smallest absolute Gasteiger partial charge is 0.214 e. The maximum absolute atomic E-state index is 4.59. The molecule has 0 aliphatic carbocycles. The molecule has 1 aliphatic rings. The van der Waals surface area contributed by atoms with Crippen molar-refractivity contribution < 1.29 is 0 Å². The Morgan fingerprint density at radius 1 is 0.905 bits per heavy atom. The molecule has 1 aromatic heterocycles. The van der Waals surface area contributed by atoms with Gasteiger partial charge in [0.2, 0.25) is 0 Å². The van der Waals surface area contributed by atoms with Gasteiger partial charge in [-0.05, 0) is 21.6 Å². The van der Waals surface area contributed by atoms with E-state index in [-0.39, 0.29) is 6.04 Å². The highest BCUT2D eigenvalue weighted by atomic mass is 15.6. The van der Waals surface area contributed by atoms with Crippen molar-refractivity contribution in [1.82, 2.24) is 20.2 Å². The Kier molecular flexibility index (Phi) is 2.81. The molecular weight excluding hydrogens is 262 g/mol. The lowest BCUT2D eigenvalue weighted by Gasteiger charge is -2.22. The zero-order valence-corrected chi connectivity index (χ0v) is 11.3. The summed E-state index contributed by atoms with van der Waals surface area (Å²) in [6.45, 7) is 0. The first-order valence-corrected chi connectivity index (χ1v) is 6.87. The van der Waals surface area contributed by atoms with Crippen molar-refractivity contribution in [3.05, 3.63) is 71.8 Å². The topological polar surface area (TPSA) is 56.0 Å². The third kappa shape index (κ3) is 2.12. The first-order valence-electron chi connectivity index (χ1n) is 6.87. The minimum atomic E-state index is 0.0870. The van der Waals surface area contributed by atoms with Crippen molar-refractivity contribution in [2.24, 2.45) is 4.99 Å². The Morgan fingerprint density at radius 2 is 1.62 bits per heavy atom. The van der Waals surface area contributed by atoms with Gasteiger partial charge in [-0.1, -0.05) is 65.8 Å². The molecule has 0 bridgehead atoms. The van der Waals surface area contributed by atoms with Crippen molar-refractivity contribution in [2.45, 2.75) is 12.5 Å². The Labute approximate surface area is 122 Å². The van der Waals surface area contributed by atoms with E-state index in [9.17, 15) is 0 Å². The van der Waals surface area contributed by atoms with Crippen LogP contribution in [0, 0.1) is 0 Å². The molecule has 1 unspecified atom stereocenters. The van der Waals surface area contributed by atoms with E-state index in [0.717, 1.165) is 17.7 Å². The first kappa shape index (κ1) is 12.0. The van der Waals surface area contributed by atoms with Gasteiger partial charge in [-0.25, -0.2) is 9.67 Å². The molecule has 5 nitrogen and oxygen atoms in total. The van der Waals surface area contributed by atoms with Gasteiger partial charge in [-0.2, -0.15) is 0 Å². The quantitative estimate of drug-likeness (QED) is 0.722. The summed E-state index contributed by atoms with van der Waals surface area (Å²) in [4.78, 5) is 4.59. The van der Waals surface area contributed by atoms with Gasteiger partial charge in [0.25, 0.3) is 5.95 Å². The van der Waals surface area contributed by atoms with E-state index in [1.807, 2.05) is 36.4 Å². The maximum Gasteiger partial charge on any atom is 0.269 e. The number of fused-ring (bicyclic) bond motifs is 1. The van der Waals surface area contributed by atoms with Gasteiger partial charge in [0.15, 0.2) is 0 Å². The normalized spacial score (nSPS) is 17.1. The standard InChI is InChI=1S/C16H13N5/c1-3-7-12(8-4-1)14-11-15(13-9-5-2-6-10-13)21-16(17-14)18-19-20-21/h1-10,15H,11H2. The van der Waals surface area contributed by atoms with Crippen LogP contribution in [0.4, 0.5) is 5.95 Å². The fraction of sp³-hybridized carbons (Fsp3) is 0.125. The molecule has 0 N–H and O–H groups in total. The highest BCUT2D eigenvalue weighted by Crippen LogP contribution is 2.31. The van der Waals surface area contributed by atoms with Crippen molar-refractivity contribution in [3.63, 3.8) is 0 Å². The van der Waals surface area contributed by atoms with E-state index in [4.69, 9.17) is 0 Å². The zero-order valence-electron chi connectivity index (χ0n) is 11.3. The highest BCUT2D eigenvalue weighted by Gasteiger charge is 2.26. The van der Waals surface area contributed by atoms with Crippen LogP contribution < -0.4 is 0 Å². The monoisotopic (exact) mass is 275 g/mol. The van der Waals surface area contributed by atoms with Crippen molar-refractivity contribution in [1.29, 1.82) is 0 Å². The van der Waals surface area contributed by atoms with Gasteiger partial charge < -0.3 is 0 Å². The average Bonchev–Trinajstić information content (AvgIpc) is 3.04. The van der Waals surface area contributed by atoms with E-state index in [2.05, 4.69) is 44.8 Å². The summed E-state index contributed by atoms with van der Waals surface area (Å²) in [7, 11) is 0. The summed E-state index contributed by atoms with van der Waals surface area (Å²) >= 11 is 0. The molecule has 0 spiro atoms. The molecular formula is C16H13N5. The lowest BCUT2D eigenvalue weighted by Crippen LogP contribution is -2.21. The summed E-state index contributed by atoms with van der Waals surface area (Å²) in [5.74, 6) is 0.564. The maximum atomic E-state index is 4.59. The molecule has 1 atom stereocenters. The SMILES string of the molecule is c1ccc(C2=Nc3nnnn3C(c3ccccc3)C2)cc1. The van der Waals surface area contributed by atoms with Crippen LogP contribution >= 0.6 is 0 Å². The van der Waals surface area contributed by atoms with Gasteiger partial charge in [0.05, 0.1) is 11.8 Å². The molecule has 3 aromatic rings. The van der Waals surface area contributed by atoms with Crippen molar-refractivity contribution in [2.75, 3.05) is 0 Å². The molecule has 5 heteroatoms. The zero-order chi connectivity index (χ0) is 14.1. The number of benzene rings is 2. The van der Waals surface area contributed by atoms with Crippen LogP contribution in [0.2, 0.25) is 0 Å². The summed E-state index contributed by atoms with van der Waals surface area (Å²) in [5.41, 5.74) is 3.33. The highest BCUT2D eigenvalue weighted by molar-refractivity contribution is 6.02. The number of hydrogen-bond donors (Lipinski definition) is 0. The molecule has 1 aliphatic heterocycles. The number of aliphatic imine (C=N–C) groups is 1. The van der Waals surface area contributed by atoms with Gasteiger partial charge >= 0.3 is 0 Å². The second kappa shape index (κ2) is 4.94. The van der Waals surface area contributed by atoms with E-state index >= 15 is 0 Å². The fourth-order valence-corrected chi connectivity index (χ4v) is 2.65. The van der Waals surface area contributed by atoms with E-state index in [0.29, 0.717) is 5.95 Å². The Balaban J connectivity index is 1.81. The van der Waals surface area contributed by atoms with Crippen molar-refractivity contribution >= 4 is 11.7 Å². The average molecular weight is 275 g/mol. The number of tetrazole rings is 1. The molecule has 2 aromatic carbocycles. The summed E-state index contributed by atoms with van der Waals surface area (Å²) in [5, 5.41) is 11.9. The second-order valence-electron chi connectivity index (χ2n) is 4.98. The number of rotatable bonds is 2. The summed E-state index contributed by atoms with van der Waals surface area (Å²) in [6.07, 6.45) is 0.784. The summed E-state index contributed by atoms with van der Waals surface area (Å²) < 4.78 is 1.79. The minimum Gasteiger partial charge on any atom is -0.214 e. The number of aromatic nitrogens is 4. The van der Waals surface area contributed by atoms with E-state index in [1.165, 1.54) is 5.56 Å². The van der Waals surface area contributed by atoms with Gasteiger partial charge in [0.1, 0.15) is 0 Å². The van der Waals surface area contributed by atoms with Gasteiger partial charge in [0, 0.05) is 6.42 Å². The number of nitrogens with zero attached hydrogens (tertiary/aromatic N) is 5. The lowest BCUT2D eigenvalue weighted by atomic mass is 9.96. The van der Waals surface area contributed by atoms with Crippen LogP contribution in [0.5, 0.6) is 0 Å². The third-order valence-corrected chi connectivity index (χ3v) is 3.68. The molecule has 2 heterocycles. The van der Waals surface area contributed by atoms with Gasteiger partial charge in [-0.3, -0.25) is 0 Å². The fourth-order valence-electron chi connectivity index (χ4n) is 2.65. The second-order valence-corrected chi connectivity index (χ2v) is 4.98. The Hall–Kier alpha value is -2.82. The minimum absolute atomic E-state index is 0.0870. The molecule has 0 fully saturated rings. The summed E-state index contributed by atoms with van der Waals surface area (Å²) in [6, 6.07) is 20.6. The third-order valence-electron chi connectivity index (χ3n) is 3.68. The van der Waals surface area contributed by atoms with Crippen LogP contribution in [0.15, 0.2) is 65.7 Å². The lowest BCUT2D eigenvalue weighted by molar-refractivity contribution is 0.515. The first-order chi connectivity index (χ1) is 10.4. The molecule has 102 valence electrons. The van der Waals surface area contributed by atoms with Gasteiger partial charge in [-0.15, -0.1) is 0 Å². The molecule has 21 heavy (non-hydrogen) atoms. The van der Waals surface area contributed by atoms with Crippen LogP contribution in [0.1, 0.15) is 23.6 Å². The van der Waals surface area contributed by atoms with Crippen LogP contribution in [-0.4, -0.2) is 25.9 Å². The predicted octanol–water partition coefficient (Wildman–Crippen LogP) is 2.79. The molecule has 0 saturated carbocycles. The largest absolute Gasteiger partial charge is 0.269 e. The van der Waals surface area contributed by atoms with Crippen LogP contribution in [0.3, 0.4) is 0 Å². The van der Waals surface area contributed by atoms with Crippen molar-refractivity contribution in [3.8, 4) is 0 Å². The van der Waals surface area contributed by atoms with Crippen LogP contribution in [-0.2, 0) is 0 Å². The Bertz CT molecular complexity index is 777. The molecule has 0 radical (unpaired) electrons. The van der Waals surface area contributed by atoms with E-state index < -0.39 is 0 Å². The van der Waals surface area contributed by atoms with E-state index in [1.54, 1.807) is 4.68 Å².